The lowest BCUT2D eigenvalue weighted by atomic mass is 9.34. The molecule has 3 saturated carbocycles. The van der Waals surface area contributed by atoms with E-state index in [1.54, 1.807) is 6.33 Å². The van der Waals surface area contributed by atoms with Crippen LogP contribution in [0.15, 0.2) is 24.3 Å². The molecule has 0 spiro atoms. The second-order valence-electron chi connectivity index (χ2n) is 19.4. The Morgan fingerprint density at radius 1 is 1.11 bits per heavy atom. The summed E-state index contributed by atoms with van der Waals surface area (Å²) in [5, 5.41) is 15.7. The van der Waals surface area contributed by atoms with Crippen LogP contribution >= 0.6 is 0 Å². The van der Waals surface area contributed by atoms with Crippen molar-refractivity contribution < 1.29 is 19.4 Å². The summed E-state index contributed by atoms with van der Waals surface area (Å²) in [5.74, 6) is 0.468. The van der Waals surface area contributed by atoms with Crippen LogP contribution in [0.5, 0.6) is 0 Å². The van der Waals surface area contributed by atoms with Gasteiger partial charge in [-0.1, -0.05) is 80.9 Å². The van der Waals surface area contributed by atoms with Crippen LogP contribution in [-0.4, -0.2) is 57.3 Å². The molecule has 4 aliphatic carbocycles. The summed E-state index contributed by atoms with van der Waals surface area (Å²) in [7, 11) is 0. The number of aromatic nitrogens is 3. The smallest absolute Gasteiger partial charge is 0.307 e. The predicted octanol–water partition coefficient (Wildman–Crippen LogP) is 7.56. The molecule has 4 fully saturated rings. The fraction of sp³-hybridized carbons (Fsp3) is 0.872. The Balaban J connectivity index is 1.43. The van der Waals surface area contributed by atoms with E-state index in [0.29, 0.717) is 43.5 Å². The molecule has 0 unspecified atom stereocenters. The average Bonchev–Trinajstić information content (AvgIpc) is 3.50. The Bertz CT molecular complexity index is 1380. The van der Waals surface area contributed by atoms with Gasteiger partial charge in [0, 0.05) is 16.4 Å². The SMILES string of the molecule is CC(C)[C@@H](C)[C@@]1(C)CC[C@]2(C)[C@H]3CC[C@@H]4[C@@]5(COC[C@]4(C)[C@@H](OC[C@](C)(N)C(C)(C)C)[C@H](n4cncn4)C5)C3=CC[C@@]2(C)[C@@H]1C(=O)O. The molecule has 2 bridgehead atoms. The minimum absolute atomic E-state index is 0.00695. The molecule has 264 valence electrons. The molecule has 0 amide bonds. The lowest BCUT2D eigenvalue weighted by Crippen LogP contribution is -2.69. The lowest BCUT2D eigenvalue weighted by molar-refractivity contribution is -0.253. The summed E-state index contributed by atoms with van der Waals surface area (Å²) in [6, 6.07) is -0.00695. The molecular formula is C39H64N4O4. The Hall–Kier alpha value is -1.77. The van der Waals surface area contributed by atoms with Gasteiger partial charge in [-0.2, -0.15) is 5.10 Å². The maximum atomic E-state index is 13.4. The molecule has 6 rings (SSSR count). The second kappa shape index (κ2) is 11.1. The van der Waals surface area contributed by atoms with E-state index in [1.807, 2.05) is 11.0 Å². The highest BCUT2D eigenvalue weighted by Crippen LogP contribution is 2.75. The summed E-state index contributed by atoms with van der Waals surface area (Å²) in [4.78, 5) is 17.8. The first kappa shape index (κ1) is 35.1. The van der Waals surface area contributed by atoms with E-state index in [2.05, 4.69) is 87.2 Å². The Kier molecular flexibility index (Phi) is 8.29. The van der Waals surface area contributed by atoms with Gasteiger partial charge in [-0.25, -0.2) is 9.67 Å². The topological polar surface area (TPSA) is 112 Å². The summed E-state index contributed by atoms with van der Waals surface area (Å²) in [6.07, 6.45) is 11.7. The van der Waals surface area contributed by atoms with E-state index in [1.165, 1.54) is 5.57 Å². The van der Waals surface area contributed by atoms with Crippen molar-refractivity contribution in [1.29, 1.82) is 0 Å². The maximum absolute atomic E-state index is 13.4. The van der Waals surface area contributed by atoms with Crippen LogP contribution < -0.4 is 5.73 Å². The standard InChI is InChI=1S/C39H64N4O4/c1-24(2)25(3)34(7)16-17-36(9)26-12-13-29-35(8)19-46-21-39(29,27(26)14-15-37(36,10)30(34)32(44)45)18-28(43-23-41-22-42-43)31(35)47-20-38(11,40)33(4,5)6/h14,22-26,28-31H,12-13,15-21,40H2,1-11H3,(H,44,45)/t25-,26+,28-,29+,30-,31+,34-,35+,36-,37+,38+,39+/m1/s1. The Morgan fingerprint density at radius 3 is 2.40 bits per heavy atom. The van der Waals surface area contributed by atoms with E-state index < -0.39 is 17.4 Å². The van der Waals surface area contributed by atoms with Gasteiger partial charge in [0.05, 0.1) is 37.9 Å². The zero-order valence-electron chi connectivity index (χ0n) is 31.2. The van der Waals surface area contributed by atoms with Crippen molar-refractivity contribution in [1.82, 2.24) is 14.8 Å². The summed E-state index contributed by atoms with van der Waals surface area (Å²) >= 11 is 0. The van der Waals surface area contributed by atoms with Crippen molar-refractivity contribution in [2.24, 2.45) is 67.8 Å². The van der Waals surface area contributed by atoms with Crippen molar-refractivity contribution >= 4 is 5.97 Å². The molecule has 0 aromatic carbocycles. The number of aliphatic carboxylic acids is 1. The first-order valence-corrected chi connectivity index (χ1v) is 18.5. The number of carbonyl (C=O) groups is 1. The summed E-state index contributed by atoms with van der Waals surface area (Å²) in [6.45, 7) is 26.7. The molecule has 8 nitrogen and oxygen atoms in total. The average molecular weight is 653 g/mol. The zero-order valence-corrected chi connectivity index (χ0v) is 31.2. The largest absolute Gasteiger partial charge is 0.481 e. The predicted molar refractivity (Wildman–Crippen MR) is 184 cm³/mol. The van der Waals surface area contributed by atoms with Crippen molar-refractivity contribution in [2.45, 2.75) is 132 Å². The van der Waals surface area contributed by atoms with Crippen molar-refractivity contribution in [3.63, 3.8) is 0 Å². The van der Waals surface area contributed by atoms with Crippen LogP contribution in [0.25, 0.3) is 0 Å². The highest BCUT2D eigenvalue weighted by molar-refractivity contribution is 5.73. The van der Waals surface area contributed by atoms with Gasteiger partial charge in [-0.3, -0.25) is 4.79 Å². The fourth-order valence-corrected chi connectivity index (χ4v) is 12.0. The van der Waals surface area contributed by atoms with E-state index in [9.17, 15) is 9.90 Å². The molecule has 2 heterocycles. The number of rotatable bonds is 7. The monoisotopic (exact) mass is 652 g/mol. The van der Waals surface area contributed by atoms with E-state index in [4.69, 9.17) is 20.3 Å². The molecule has 1 aromatic heterocycles. The van der Waals surface area contributed by atoms with Gasteiger partial charge >= 0.3 is 5.97 Å². The normalized spacial score (nSPS) is 45.2. The first-order chi connectivity index (χ1) is 21.7. The molecular weight excluding hydrogens is 588 g/mol. The molecule has 0 radical (unpaired) electrons. The minimum Gasteiger partial charge on any atom is -0.481 e. The van der Waals surface area contributed by atoms with Gasteiger partial charge in [0.25, 0.3) is 0 Å². The van der Waals surface area contributed by atoms with Gasteiger partial charge in [0.2, 0.25) is 0 Å². The van der Waals surface area contributed by atoms with Crippen molar-refractivity contribution in [2.75, 3.05) is 19.8 Å². The van der Waals surface area contributed by atoms with Gasteiger partial charge in [-0.05, 0) is 90.8 Å². The van der Waals surface area contributed by atoms with Gasteiger partial charge in [0.1, 0.15) is 12.7 Å². The molecule has 1 saturated heterocycles. The van der Waals surface area contributed by atoms with E-state index in [0.717, 1.165) is 38.5 Å². The van der Waals surface area contributed by atoms with Crippen molar-refractivity contribution in [3.05, 3.63) is 24.3 Å². The first-order valence-electron chi connectivity index (χ1n) is 18.5. The molecule has 1 aliphatic heterocycles. The van der Waals surface area contributed by atoms with Crippen LogP contribution in [0, 0.1) is 62.1 Å². The maximum Gasteiger partial charge on any atom is 0.307 e. The molecule has 47 heavy (non-hydrogen) atoms. The number of nitrogens with two attached hydrogens (primary N) is 1. The van der Waals surface area contributed by atoms with Crippen molar-refractivity contribution in [3.8, 4) is 0 Å². The van der Waals surface area contributed by atoms with E-state index in [-0.39, 0.29) is 44.6 Å². The zero-order chi connectivity index (χ0) is 34.6. The Labute approximate surface area is 284 Å². The van der Waals surface area contributed by atoms with Gasteiger partial charge < -0.3 is 20.3 Å². The summed E-state index contributed by atoms with van der Waals surface area (Å²) < 4.78 is 15.8. The van der Waals surface area contributed by atoms with Gasteiger partial charge in [0.15, 0.2) is 0 Å². The molecule has 1 aromatic rings. The molecule has 3 N–H and O–H groups in total. The number of ether oxygens (including phenoxy) is 2. The number of carboxylic acids is 1. The highest BCUT2D eigenvalue weighted by atomic mass is 16.5. The summed E-state index contributed by atoms with van der Waals surface area (Å²) in [5.41, 5.74) is 6.70. The number of fused-ring (bicyclic) bond motifs is 3. The number of carboxylic acid groups (broad SMARTS) is 1. The van der Waals surface area contributed by atoms with Crippen LogP contribution in [0.4, 0.5) is 0 Å². The fourth-order valence-electron chi connectivity index (χ4n) is 12.0. The third kappa shape index (κ3) is 4.80. The van der Waals surface area contributed by atoms with Crippen LogP contribution in [0.3, 0.4) is 0 Å². The lowest BCUT2D eigenvalue weighted by Gasteiger charge is -2.71. The van der Waals surface area contributed by atoms with E-state index >= 15 is 0 Å². The number of hydrogen-bond acceptors (Lipinski definition) is 6. The van der Waals surface area contributed by atoms with Gasteiger partial charge in [-0.15, -0.1) is 0 Å². The minimum atomic E-state index is -0.614. The van der Waals surface area contributed by atoms with Crippen LogP contribution in [0.2, 0.25) is 0 Å². The number of hydrogen-bond donors (Lipinski definition) is 2. The molecule has 5 aliphatic rings. The van der Waals surface area contributed by atoms with Crippen LogP contribution in [-0.2, 0) is 14.3 Å². The number of allylic oxidation sites excluding steroid dienone is 1. The Morgan fingerprint density at radius 2 is 1.81 bits per heavy atom. The number of nitrogens with zero attached hydrogens (tertiary/aromatic N) is 3. The third-order valence-corrected chi connectivity index (χ3v) is 16.1. The quantitative estimate of drug-likeness (QED) is 0.293. The van der Waals surface area contributed by atoms with Crippen LogP contribution in [0.1, 0.15) is 121 Å². The molecule has 8 heteroatoms. The third-order valence-electron chi connectivity index (χ3n) is 16.1. The highest BCUT2D eigenvalue weighted by Gasteiger charge is 2.72. The molecule has 12 atom stereocenters. The second-order valence-corrected chi connectivity index (χ2v) is 19.4.